The third-order valence-electron chi connectivity index (χ3n) is 6.40. The number of imidazole rings is 1. The van der Waals surface area contributed by atoms with Gasteiger partial charge >= 0.3 is 0 Å². The van der Waals surface area contributed by atoms with Crippen molar-refractivity contribution in [2.75, 3.05) is 20.1 Å². The topological polar surface area (TPSA) is 30.3 Å². The van der Waals surface area contributed by atoms with E-state index in [1.807, 2.05) is 6.07 Å². The van der Waals surface area contributed by atoms with E-state index in [1.54, 1.807) is 0 Å². The Hall–Kier alpha value is -2.14. The third-order valence-corrected chi connectivity index (χ3v) is 6.71. The lowest BCUT2D eigenvalue weighted by Crippen LogP contribution is -2.35. The van der Waals surface area contributed by atoms with E-state index >= 15 is 0 Å². The first kappa shape index (κ1) is 19.8. The molecule has 30 heavy (non-hydrogen) atoms. The number of ether oxygens (including phenoxy) is 1. The molecule has 0 aliphatic carbocycles. The van der Waals surface area contributed by atoms with Crippen LogP contribution in [-0.4, -0.2) is 40.7 Å². The summed E-state index contributed by atoms with van der Waals surface area (Å²) < 4.78 is 9.04. The van der Waals surface area contributed by atoms with Crippen molar-refractivity contribution in [3.63, 3.8) is 0 Å². The van der Waals surface area contributed by atoms with Crippen LogP contribution < -0.4 is 0 Å². The van der Waals surface area contributed by atoms with Gasteiger partial charge in [0, 0.05) is 31.4 Å². The van der Waals surface area contributed by atoms with Crippen molar-refractivity contribution in [2.24, 2.45) is 0 Å². The number of aromatic nitrogens is 2. The van der Waals surface area contributed by atoms with Crippen LogP contribution in [0, 0.1) is 6.92 Å². The summed E-state index contributed by atoms with van der Waals surface area (Å²) in [5.74, 6) is 0.991. The smallest absolute Gasteiger partial charge is 0.143 e. The van der Waals surface area contributed by atoms with Crippen LogP contribution in [0.4, 0.5) is 0 Å². The van der Waals surface area contributed by atoms with E-state index in [2.05, 4.69) is 66.0 Å². The molecule has 1 unspecified atom stereocenters. The number of rotatable bonds is 3. The number of piperidine rings is 1. The second-order valence-electron chi connectivity index (χ2n) is 8.63. The number of hydrogen-bond acceptors (Lipinski definition) is 3. The van der Waals surface area contributed by atoms with Crippen molar-refractivity contribution in [3.05, 3.63) is 76.2 Å². The highest BCUT2D eigenvalue weighted by molar-refractivity contribution is 6.33. The molecule has 0 saturated carbocycles. The van der Waals surface area contributed by atoms with Crippen LogP contribution in [0.1, 0.15) is 41.5 Å². The first-order valence-electron chi connectivity index (χ1n) is 10.8. The molecule has 5 rings (SSSR count). The standard InChI is InChI=1S/C25H28ClN3O/c1-17-7-8-21(22(26)15-17)23-16-29-14-9-18-5-3-4-6-20(18)24(25(29)27-23)30-19-10-12-28(2)13-11-19/h3-8,15-16,19,24H,9-14H2,1-2H3. The van der Waals surface area contributed by atoms with Gasteiger partial charge in [-0.2, -0.15) is 0 Å². The molecule has 1 saturated heterocycles. The van der Waals surface area contributed by atoms with Crippen LogP contribution in [0.3, 0.4) is 0 Å². The van der Waals surface area contributed by atoms with E-state index in [1.165, 1.54) is 11.1 Å². The Balaban J connectivity index is 1.54. The first-order valence-corrected chi connectivity index (χ1v) is 11.2. The fourth-order valence-electron chi connectivity index (χ4n) is 4.62. The van der Waals surface area contributed by atoms with Crippen molar-refractivity contribution in [3.8, 4) is 11.3 Å². The summed E-state index contributed by atoms with van der Waals surface area (Å²) in [5.41, 5.74) is 5.67. The van der Waals surface area contributed by atoms with Gasteiger partial charge in [0.2, 0.25) is 0 Å². The summed E-state index contributed by atoms with van der Waals surface area (Å²) in [4.78, 5) is 7.45. The quantitative estimate of drug-likeness (QED) is 0.577. The predicted molar refractivity (Wildman–Crippen MR) is 121 cm³/mol. The van der Waals surface area contributed by atoms with Gasteiger partial charge in [-0.1, -0.05) is 48.0 Å². The zero-order valence-electron chi connectivity index (χ0n) is 17.6. The average molecular weight is 422 g/mol. The normalized spacial score (nSPS) is 19.9. The number of nitrogens with zero attached hydrogens (tertiary/aromatic N) is 3. The highest BCUT2D eigenvalue weighted by Crippen LogP contribution is 2.37. The van der Waals surface area contributed by atoms with Crippen LogP contribution in [0.2, 0.25) is 5.02 Å². The number of likely N-dealkylation sites (tertiary alicyclic amines) is 1. The van der Waals surface area contributed by atoms with Gasteiger partial charge in [0.1, 0.15) is 11.9 Å². The molecule has 1 atom stereocenters. The van der Waals surface area contributed by atoms with Gasteiger partial charge < -0.3 is 14.2 Å². The molecule has 3 aromatic rings. The number of benzene rings is 2. The number of halogens is 1. The van der Waals surface area contributed by atoms with E-state index < -0.39 is 0 Å². The molecule has 156 valence electrons. The zero-order chi connectivity index (χ0) is 20.7. The average Bonchev–Trinajstić information content (AvgIpc) is 3.10. The molecule has 1 fully saturated rings. The molecule has 5 heteroatoms. The monoisotopic (exact) mass is 421 g/mol. The summed E-state index contributed by atoms with van der Waals surface area (Å²) in [6.45, 7) is 5.12. The van der Waals surface area contributed by atoms with Crippen LogP contribution in [0.15, 0.2) is 48.7 Å². The van der Waals surface area contributed by atoms with E-state index in [0.29, 0.717) is 0 Å². The Morgan fingerprint density at radius 2 is 1.87 bits per heavy atom. The maximum Gasteiger partial charge on any atom is 0.143 e. The van der Waals surface area contributed by atoms with Gasteiger partial charge in [-0.3, -0.25) is 0 Å². The van der Waals surface area contributed by atoms with Gasteiger partial charge in [0.25, 0.3) is 0 Å². The zero-order valence-corrected chi connectivity index (χ0v) is 18.4. The maximum atomic E-state index is 6.77. The number of hydrogen-bond donors (Lipinski definition) is 0. The van der Waals surface area contributed by atoms with E-state index in [0.717, 1.165) is 66.6 Å². The van der Waals surface area contributed by atoms with Crippen molar-refractivity contribution in [1.29, 1.82) is 0 Å². The van der Waals surface area contributed by atoms with Gasteiger partial charge in [-0.05, 0) is 56.0 Å². The lowest BCUT2D eigenvalue weighted by Gasteiger charge is -2.32. The molecule has 0 N–H and O–H groups in total. The third kappa shape index (κ3) is 3.80. The second-order valence-corrected chi connectivity index (χ2v) is 9.04. The van der Waals surface area contributed by atoms with Crippen molar-refractivity contribution in [2.45, 2.75) is 44.9 Å². The highest BCUT2D eigenvalue weighted by atomic mass is 35.5. The predicted octanol–water partition coefficient (Wildman–Crippen LogP) is 5.27. The minimum absolute atomic E-state index is 0.143. The molecule has 0 radical (unpaired) electrons. The molecular formula is C25H28ClN3O. The lowest BCUT2D eigenvalue weighted by molar-refractivity contribution is -0.0275. The van der Waals surface area contributed by atoms with Crippen LogP contribution in [-0.2, 0) is 17.7 Å². The van der Waals surface area contributed by atoms with E-state index in [4.69, 9.17) is 21.3 Å². The number of aryl methyl sites for hydroxylation is 3. The van der Waals surface area contributed by atoms with Gasteiger partial charge in [0.05, 0.1) is 16.8 Å². The second kappa shape index (κ2) is 8.18. The SMILES string of the molecule is Cc1ccc(-c2cn3c(n2)C(OC2CCN(C)CC2)c2ccccc2CC3)c(Cl)c1. The van der Waals surface area contributed by atoms with Gasteiger partial charge in [0.15, 0.2) is 0 Å². The lowest BCUT2D eigenvalue weighted by atomic mass is 10.00. The fourth-order valence-corrected chi connectivity index (χ4v) is 4.95. The molecule has 3 heterocycles. The summed E-state index contributed by atoms with van der Waals surface area (Å²) in [7, 11) is 2.18. The van der Waals surface area contributed by atoms with E-state index in [-0.39, 0.29) is 12.2 Å². The molecule has 2 aliphatic rings. The van der Waals surface area contributed by atoms with Gasteiger partial charge in [-0.15, -0.1) is 0 Å². The molecule has 2 aromatic carbocycles. The largest absolute Gasteiger partial charge is 0.362 e. The highest BCUT2D eigenvalue weighted by Gasteiger charge is 2.30. The number of fused-ring (bicyclic) bond motifs is 2. The van der Waals surface area contributed by atoms with Crippen LogP contribution in [0.25, 0.3) is 11.3 Å². The Morgan fingerprint density at radius 1 is 1.07 bits per heavy atom. The van der Waals surface area contributed by atoms with E-state index in [9.17, 15) is 0 Å². The molecule has 0 spiro atoms. The Morgan fingerprint density at radius 3 is 2.67 bits per heavy atom. The molecule has 0 amide bonds. The Labute approximate surface area is 183 Å². The van der Waals surface area contributed by atoms with Crippen molar-refractivity contribution in [1.82, 2.24) is 14.5 Å². The minimum Gasteiger partial charge on any atom is -0.362 e. The Kier molecular flexibility index (Phi) is 5.40. The van der Waals surface area contributed by atoms with Crippen LogP contribution >= 0.6 is 11.6 Å². The summed E-state index contributed by atoms with van der Waals surface area (Å²) in [6.07, 6.45) is 5.36. The molecule has 2 aliphatic heterocycles. The maximum absolute atomic E-state index is 6.77. The van der Waals surface area contributed by atoms with Gasteiger partial charge in [-0.25, -0.2) is 4.98 Å². The van der Waals surface area contributed by atoms with Crippen LogP contribution in [0.5, 0.6) is 0 Å². The first-order chi connectivity index (χ1) is 14.6. The van der Waals surface area contributed by atoms with Crippen molar-refractivity contribution >= 4 is 11.6 Å². The summed E-state index contributed by atoms with van der Waals surface area (Å²) in [6, 6.07) is 14.8. The minimum atomic E-state index is -0.143. The Bertz CT molecular complexity index is 1050. The summed E-state index contributed by atoms with van der Waals surface area (Å²) >= 11 is 6.56. The summed E-state index contributed by atoms with van der Waals surface area (Å²) in [5, 5.41) is 0.747. The van der Waals surface area contributed by atoms with Crippen molar-refractivity contribution < 1.29 is 4.74 Å². The molecule has 1 aromatic heterocycles. The molecule has 0 bridgehead atoms. The molecular weight excluding hydrogens is 394 g/mol. The molecule has 4 nitrogen and oxygen atoms in total. The fraction of sp³-hybridized carbons (Fsp3) is 0.400.